The molecule has 2 aromatic heterocycles. The fourth-order valence-electron chi connectivity index (χ4n) is 2.00. The third-order valence-corrected chi connectivity index (χ3v) is 3.25. The van der Waals surface area contributed by atoms with Crippen LogP contribution >= 0.6 is 0 Å². The molecular formula is C13H11F3N4O2. The highest BCUT2D eigenvalue weighted by Gasteiger charge is 2.31. The van der Waals surface area contributed by atoms with E-state index < -0.39 is 11.7 Å². The largest absolute Gasteiger partial charge is 0.416 e. The summed E-state index contributed by atoms with van der Waals surface area (Å²) in [5.74, 6) is 0.581. The van der Waals surface area contributed by atoms with Gasteiger partial charge in [-0.25, -0.2) is 0 Å². The van der Waals surface area contributed by atoms with Crippen molar-refractivity contribution in [3.05, 3.63) is 40.8 Å². The summed E-state index contributed by atoms with van der Waals surface area (Å²) in [5, 5.41) is 11.2. The van der Waals surface area contributed by atoms with Crippen molar-refractivity contribution in [3.8, 4) is 0 Å². The lowest BCUT2D eigenvalue weighted by Crippen LogP contribution is -2.14. The molecule has 0 atom stereocenters. The summed E-state index contributed by atoms with van der Waals surface area (Å²) >= 11 is 0. The Morgan fingerprint density at radius 1 is 1.27 bits per heavy atom. The van der Waals surface area contributed by atoms with E-state index in [0.29, 0.717) is 17.0 Å². The Balaban J connectivity index is 1.91. The molecule has 0 amide bonds. The number of aryl methyl sites for hydroxylation is 2. The number of halogens is 3. The van der Waals surface area contributed by atoms with Crippen LogP contribution in [0.25, 0.3) is 11.0 Å². The molecule has 2 heterocycles. The Bertz CT molecular complexity index is 803. The van der Waals surface area contributed by atoms with E-state index in [-0.39, 0.29) is 12.1 Å². The molecule has 0 aliphatic carbocycles. The van der Waals surface area contributed by atoms with E-state index in [0.717, 1.165) is 22.5 Å². The van der Waals surface area contributed by atoms with E-state index in [1.54, 1.807) is 13.8 Å². The second kappa shape index (κ2) is 5.00. The van der Waals surface area contributed by atoms with Crippen molar-refractivity contribution < 1.29 is 22.5 Å². The average Bonchev–Trinajstić information content (AvgIpc) is 3.00. The lowest BCUT2D eigenvalue weighted by Gasteiger charge is -2.08. The van der Waals surface area contributed by atoms with Crippen LogP contribution in [-0.4, -0.2) is 20.3 Å². The molecule has 0 saturated heterocycles. The minimum atomic E-state index is -4.44. The van der Waals surface area contributed by atoms with Crippen LogP contribution in [0, 0.1) is 13.8 Å². The Kier molecular flexibility index (Phi) is 3.27. The van der Waals surface area contributed by atoms with Crippen LogP contribution in [-0.2, 0) is 12.8 Å². The molecule has 116 valence electrons. The van der Waals surface area contributed by atoms with Crippen molar-refractivity contribution in [2.24, 2.45) is 0 Å². The van der Waals surface area contributed by atoms with Crippen LogP contribution in [0.2, 0.25) is 0 Å². The molecule has 3 aromatic rings. The first-order valence-electron chi connectivity index (χ1n) is 6.34. The van der Waals surface area contributed by atoms with Crippen LogP contribution in [0.3, 0.4) is 0 Å². The maximum absolute atomic E-state index is 12.8. The van der Waals surface area contributed by atoms with Crippen LogP contribution in [0.4, 0.5) is 13.2 Å². The van der Waals surface area contributed by atoms with Gasteiger partial charge in [0.25, 0.3) is 0 Å². The summed E-state index contributed by atoms with van der Waals surface area (Å²) in [4.78, 5) is 6.38. The van der Waals surface area contributed by atoms with Gasteiger partial charge >= 0.3 is 6.18 Å². The highest BCUT2D eigenvalue weighted by Crippen LogP contribution is 2.30. The molecule has 0 unspecified atom stereocenters. The number of alkyl halides is 3. The van der Waals surface area contributed by atoms with Gasteiger partial charge in [-0.3, -0.25) is 0 Å². The number of hydrogen-bond acceptors (Lipinski definition) is 5. The zero-order valence-corrected chi connectivity index (χ0v) is 11.7. The molecule has 0 N–H and O–H groups in total. The minimum Gasteiger partial charge on any atom is -0.390 e. The Morgan fingerprint density at radius 2 is 2.05 bits per heavy atom. The molecule has 9 heteroatoms. The monoisotopic (exact) mass is 312 g/mol. The number of aromatic nitrogens is 4. The Hall–Kier alpha value is -2.58. The summed E-state index contributed by atoms with van der Waals surface area (Å²) in [6.07, 6.45) is -4.44. The minimum absolute atomic E-state index is 0.0653. The fourth-order valence-corrected chi connectivity index (χ4v) is 2.00. The third-order valence-electron chi connectivity index (χ3n) is 3.25. The molecule has 22 heavy (non-hydrogen) atoms. The first kappa shape index (κ1) is 14.4. The van der Waals surface area contributed by atoms with Crippen molar-refractivity contribution >= 4 is 11.0 Å². The number of nitrogens with zero attached hydrogens (tertiary/aromatic N) is 4. The number of rotatable bonds is 3. The molecule has 0 fully saturated rings. The summed E-state index contributed by atoms with van der Waals surface area (Å²) in [5.41, 5.74) is 1.03. The standard InChI is InChI=1S/C13H11F3N4O2/c1-7-10(8(2)22-18-7)6-21-20-12-5-9(13(14,15)16)3-4-11(12)17-19-20/h3-5H,6H2,1-2H3. The molecule has 0 aliphatic rings. The predicted octanol–water partition coefficient (Wildman–Crippen LogP) is 2.68. The SMILES string of the molecule is Cc1noc(C)c1COn1nnc2ccc(C(F)(F)F)cc21. The van der Waals surface area contributed by atoms with Crippen LogP contribution < -0.4 is 4.84 Å². The van der Waals surface area contributed by atoms with Gasteiger partial charge in [-0.2, -0.15) is 13.2 Å². The predicted molar refractivity (Wildman–Crippen MR) is 68.8 cm³/mol. The fraction of sp³-hybridized carbons (Fsp3) is 0.308. The van der Waals surface area contributed by atoms with Gasteiger partial charge in [-0.1, -0.05) is 10.0 Å². The van der Waals surface area contributed by atoms with Crippen molar-refractivity contribution in [2.75, 3.05) is 0 Å². The molecule has 0 spiro atoms. The van der Waals surface area contributed by atoms with Crippen molar-refractivity contribution in [1.29, 1.82) is 0 Å². The third kappa shape index (κ3) is 2.49. The van der Waals surface area contributed by atoms with Crippen molar-refractivity contribution in [3.63, 3.8) is 0 Å². The number of benzene rings is 1. The first-order valence-corrected chi connectivity index (χ1v) is 6.34. The smallest absolute Gasteiger partial charge is 0.390 e. The summed E-state index contributed by atoms with van der Waals surface area (Å²) in [7, 11) is 0. The molecule has 0 saturated carbocycles. The maximum atomic E-state index is 12.8. The molecule has 0 radical (unpaired) electrons. The van der Waals surface area contributed by atoms with Gasteiger partial charge in [0.15, 0.2) is 0 Å². The average molecular weight is 312 g/mol. The second-order valence-electron chi connectivity index (χ2n) is 4.74. The van der Waals surface area contributed by atoms with E-state index in [9.17, 15) is 13.2 Å². The van der Waals surface area contributed by atoms with Crippen LogP contribution in [0.5, 0.6) is 0 Å². The second-order valence-corrected chi connectivity index (χ2v) is 4.74. The highest BCUT2D eigenvalue weighted by molar-refractivity contribution is 5.74. The summed E-state index contributed by atoms with van der Waals surface area (Å²) in [6, 6.07) is 3.15. The van der Waals surface area contributed by atoms with Crippen LogP contribution in [0.1, 0.15) is 22.6 Å². The summed E-state index contributed by atoms with van der Waals surface area (Å²) in [6.45, 7) is 3.53. The molecule has 0 bridgehead atoms. The van der Waals surface area contributed by atoms with Crippen molar-refractivity contribution in [1.82, 2.24) is 20.3 Å². The molecule has 6 nitrogen and oxygen atoms in total. The lowest BCUT2D eigenvalue weighted by molar-refractivity contribution is -0.137. The Morgan fingerprint density at radius 3 is 2.68 bits per heavy atom. The van der Waals surface area contributed by atoms with Gasteiger partial charge < -0.3 is 9.36 Å². The van der Waals surface area contributed by atoms with E-state index in [1.807, 2.05) is 0 Å². The van der Waals surface area contributed by atoms with E-state index in [2.05, 4.69) is 15.5 Å². The van der Waals surface area contributed by atoms with Gasteiger partial charge in [0.2, 0.25) is 0 Å². The van der Waals surface area contributed by atoms with E-state index in [1.165, 1.54) is 6.07 Å². The van der Waals surface area contributed by atoms with Gasteiger partial charge in [-0.15, -0.1) is 5.10 Å². The van der Waals surface area contributed by atoms with E-state index in [4.69, 9.17) is 9.36 Å². The molecule has 0 aliphatic heterocycles. The molecular weight excluding hydrogens is 301 g/mol. The van der Waals surface area contributed by atoms with Crippen molar-refractivity contribution in [2.45, 2.75) is 26.6 Å². The Labute approximate surface area is 122 Å². The lowest BCUT2D eigenvalue weighted by atomic mass is 10.2. The van der Waals surface area contributed by atoms with Crippen LogP contribution in [0.15, 0.2) is 22.7 Å². The molecule has 1 aromatic carbocycles. The highest BCUT2D eigenvalue weighted by atomic mass is 19.4. The first-order chi connectivity index (χ1) is 10.4. The maximum Gasteiger partial charge on any atom is 0.416 e. The van der Waals surface area contributed by atoms with E-state index >= 15 is 0 Å². The van der Waals surface area contributed by atoms with Gasteiger partial charge in [0.05, 0.1) is 16.8 Å². The molecule has 3 rings (SSSR count). The number of fused-ring (bicyclic) bond motifs is 1. The summed E-state index contributed by atoms with van der Waals surface area (Å²) < 4.78 is 43.3. The van der Waals surface area contributed by atoms with Gasteiger partial charge in [-0.05, 0) is 37.3 Å². The zero-order valence-electron chi connectivity index (χ0n) is 11.7. The quantitative estimate of drug-likeness (QED) is 0.744. The normalized spacial score (nSPS) is 12.0. The topological polar surface area (TPSA) is 66.0 Å². The van der Waals surface area contributed by atoms with Gasteiger partial charge in [0.1, 0.15) is 23.4 Å². The zero-order chi connectivity index (χ0) is 15.9. The number of hydrogen-bond donors (Lipinski definition) is 0. The van der Waals surface area contributed by atoms with Gasteiger partial charge in [0, 0.05) is 0 Å².